The van der Waals surface area contributed by atoms with Crippen LogP contribution in [0.15, 0.2) is 54.9 Å². The Morgan fingerprint density at radius 1 is 1.38 bits per heavy atom. The highest BCUT2D eigenvalue weighted by atomic mass is 16.5. The van der Waals surface area contributed by atoms with Crippen molar-refractivity contribution < 1.29 is 9.53 Å². The van der Waals surface area contributed by atoms with Crippen LogP contribution < -0.4 is 5.32 Å². The van der Waals surface area contributed by atoms with Crippen LogP contribution in [0.3, 0.4) is 0 Å². The molecular weight excluding hydrogens is 266 g/mol. The van der Waals surface area contributed by atoms with Gasteiger partial charge in [0.15, 0.2) is 0 Å². The van der Waals surface area contributed by atoms with Gasteiger partial charge >= 0.3 is 0 Å². The van der Waals surface area contributed by atoms with Gasteiger partial charge in [-0.3, -0.25) is 4.79 Å². The van der Waals surface area contributed by atoms with Crippen LogP contribution in [-0.4, -0.2) is 35.4 Å². The van der Waals surface area contributed by atoms with Gasteiger partial charge in [0, 0.05) is 12.7 Å². The number of amides is 1. The first-order valence-corrected chi connectivity index (χ1v) is 6.77. The minimum absolute atomic E-state index is 0.156. The average Bonchev–Trinajstić information content (AvgIpc) is 2.97. The molecule has 5 nitrogen and oxygen atoms in total. The van der Waals surface area contributed by atoms with Crippen LogP contribution in [0.5, 0.6) is 0 Å². The van der Waals surface area contributed by atoms with Gasteiger partial charge in [-0.1, -0.05) is 30.4 Å². The molecule has 0 saturated carbocycles. The Balaban J connectivity index is 1.84. The molecule has 1 amide bonds. The standard InChI is InChI=1S/C16H19N3O2/c1-13(2)12-21-9-8-17-16(20)14-10-18-19(11-14)15-6-4-3-5-7-15/h3-7,10-11H,1,8-9,12H2,2H3,(H,17,20). The fourth-order valence-corrected chi connectivity index (χ4v) is 1.75. The molecule has 5 heteroatoms. The van der Waals surface area contributed by atoms with Crippen molar-refractivity contribution in [2.75, 3.05) is 19.8 Å². The van der Waals surface area contributed by atoms with Gasteiger partial charge in [0.05, 0.1) is 30.7 Å². The summed E-state index contributed by atoms with van der Waals surface area (Å²) >= 11 is 0. The van der Waals surface area contributed by atoms with Crippen molar-refractivity contribution in [3.8, 4) is 5.69 Å². The van der Waals surface area contributed by atoms with Crippen LogP contribution in [-0.2, 0) is 4.74 Å². The van der Waals surface area contributed by atoms with E-state index in [1.54, 1.807) is 17.1 Å². The van der Waals surface area contributed by atoms with E-state index in [1.807, 2.05) is 37.3 Å². The second-order valence-corrected chi connectivity index (χ2v) is 4.77. The van der Waals surface area contributed by atoms with E-state index in [1.165, 1.54) is 0 Å². The lowest BCUT2D eigenvalue weighted by molar-refractivity contribution is 0.0927. The number of nitrogens with one attached hydrogen (secondary N) is 1. The van der Waals surface area contributed by atoms with Crippen molar-refractivity contribution in [3.05, 3.63) is 60.4 Å². The molecule has 0 atom stereocenters. The molecule has 2 aromatic rings. The molecule has 0 fully saturated rings. The van der Waals surface area contributed by atoms with E-state index in [-0.39, 0.29) is 5.91 Å². The molecule has 1 N–H and O–H groups in total. The minimum atomic E-state index is -0.156. The Bertz CT molecular complexity index is 605. The number of para-hydroxylation sites is 1. The van der Waals surface area contributed by atoms with Crippen LogP contribution in [0.25, 0.3) is 5.69 Å². The van der Waals surface area contributed by atoms with E-state index in [9.17, 15) is 4.79 Å². The molecule has 0 aliphatic rings. The summed E-state index contributed by atoms with van der Waals surface area (Å²) in [7, 11) is 0. The Morgan fingerprint density at radius 3 is 2.86 bits per heavy atom. The van der Waals surface area contributed by atoms with Crippen LogP contribution in [0.2, 0.25) is 0 Å². The van der Waals surface area contributed by atoms with E-state index in [4.69, 9.17) is 4.74 Å². The number of nitrogens with zero attached hydrogens (tertiary/aromatic N) is 2. The number of rotatable bonds is 7. The third-order valence-corrected chi connectivity index (χ3v) is 2.75. The zero-order valence-corrected chi connectivity index (χ0v) is 12.1. The topological polar surface area (TPSA) is 56.1 Å². The summed E-state index contributed by atoms with van der Waals surface area (Å²) in [6, 6.07) is 9.65. The molecule has 0 bridgehead atoms. The fraction of sp³-hybridized carbons (Fsp3) is 0.250. The summed E-state index contributed by atoms with van der Waals surface area (Å²) in [5.41, 5.74) is 2.41. The molecule has 1 aromatic carbocycles. The van der Waals surface area contributed by atoms with Crippen molar-refractivity contribution in [3.63, 3.8) is 0 Å². The van der Waals surface area contributed by atoms with E-state index >= 15 is 0 Å². The number of carbonyl (C=O) groups is 1. The van der Waals surface area contributed by atoms with Gasteiger partial charge in [-0.15, -0.1) is 0 Å². The first kappa shape index (κ1) is 15.0. The second kappa shape index (κ2) is 7.40. The highest BCUT2D eigenvalue weighted by Crippen LogP contribution is 2.07. The number of hydrogen-bond donors (Lipinski definition) is 1. The summed E-state index contributed by atoms with van der Waals surface area (Å²) in [5.74, 6) is -0.156. The average molecular weight is 285 g/mol. The third kappa shape index (κ3) is 4.57. The van der Waals surface area contributed by atoms with E-state index in [0.29, 0.717) is 25.3 Å². The SMILES string of the molecule is C=C(C)COCCNC(=O)c1cnn(-c2ccccc2)c1. The summed E-state index contributed by atoms with van der Waals surface area (Å²) in [6.45, 7) is 7.08. The van der Waals surface area contributed by atoms with Crippen molar-refractivity contribution in [2.45, 2.75) is 6.92 Å². The summed E-state index contributed by atoms with van der Waals surface area (Å²) in [4.78, 5) is 11.9. The number of aromatic nitrogens is 2. The Morgan fingerprint density at radius 2 is 2.14 bits per heavy atom. The Labute approximate surface area is 124 Å². The lowest BCUT2D eigenvalue weighted by Gasteiger charge is -2.05. The zero-order chi connectivity index (χ0) is 15.1. The van der Waals surface area contributed by atoms with Crippen LogP contribution in [0.1, 0.15) is 17.3 Å². The smallest absolute Gasteiger partial charge is 0.254 e. The molecule has 0 unspecified atom stereocenters. The van der Waals surface area contributed by atoms with E-state index < -0.39 is 0 Å². The summed E-state index contributed by atoms with van der Waals surface area (Å²) in [5, 5.41) is 6.98. The lowest BCUT2D eigenvalue weighted by atomic mass is 10.3. The summed E-state index contributed by atoms with van der Waals surface area (Å²) < 4.78 is 6.99. The normalized spacial score (nSPS) is 10.3. The molecule has 110 valence electrons. The van der Waals surface area contributed by atoms with Crippen LogP contribution >= 0.6 is 0 Å². The molecule has 1 heterocycles. The van der Waals surface area contributed by atoms with Gasteiger partial charge in [0.25, 0.3) is 5.91 Å². The second-order valence-electron chi connectivity index (χ2n) is 4.77. The largest absolute Gasteiger partial charge is 0.375 e. The van der Waals surface area contributed by atoms with Crippen LogP contribution in [0.4, 0.5) is 0 Å². The number of benzene rings is 1. The highest BCUT2D eigenvalue weighted by Gasteiger charge is 2.08. The molecule has 2 rings (SSSR count). The van der Waals surface area contributed by atoms with Crippen molar-refractivity contribution >= 4 is 5.91 Å². The Hall–Kier alpha value is -2.40. The molecule has 0 saturated heterocycles. The number of hydrogen-bond acceptors (Lipinski definition) is 3. The molecule has 1 aromatic heterocycles. The lowest BCUT2D eigenvalue weighted by Crippen LogP contribution is -2.27. The van der Waals surface area contributed by atoms with Gasteiger partial charge in [0.1, 0.15) is 0 Å². The minimum Gasteiger partial charge on any atom is -0.375 e. The van der Waals surface area contributed by atoms with Crippen LogP contribution in [0, 0.1) is 0 Å². The first-order chi connectivity index (χ1) is 10.2. The molecule has 0 aliphatic heterocycles. The maximum absolute atomic E-state index is 11.9. The quantitative estimate of drug-likeness (QED) is 0.626. The predicted molar refractivity (Wildman–Crippen MR) is 81.5 cm³/mol. The van der Waals surface area contributed by atoms with Gasteiger partial charge < -0.3 is 10.1 Å². The van der Waals surface area contributed by atoms with Crippen molar-refractivity contribution in [2.24, 2.45) is 0 Å². The van der Waals surface area contributed by atoms with Gasteiger partial charge in [-0.05, 0) is 19.1 Å². The van der Waals surface area contributed by atoms with Crippen molar-refractivity contribution in [1.29, 1.82) is 0 Å². The first-order valence-electron chi connectivity index (χ1n) is 6.77. The number of carbonyl (C=O) groups excluding carboxylic acids is 1. The number of ether oxygens (including phenoxy) is 1. The third-order valence-electron chi connectivity index (χ3n) is 2.75. The van der Waals surface area contributed by atoms with Gasteiger partial charge in [-0.2, -0.15) is 5.10 Å². The van der Waals surface area contributed by atoms with Crippen molar-refractivity contribution in [1.82, 2.24) is 15.1 Å². The molecule has 0 spiro atoms. The Kier molecular flexibility index (Phi) is 5.29. The van der Waals surface area contributed by atoms with Gasteiger partial charge in [-0.25, -0.2) is 4.68 Å². The van der Waals surface area contributed by atoms with E-state index in [0.717, 1.165) is 11.3 Å². The van der Waals surface area contributed by atoms with E-state index in [2.05, 4.69) is 17.0 Å². The predicted octanol–water partition coefficient (Wildman–Crippen LogP) is 2.19. The molecule has 21 heavy (non-hydrogen) atoms. The maximum Gasteiger partial charge on any atom is 0.254 e. The fourth-order valence-electron chi connectivity index (χ4n) is 1.75. The zero-order valence-electron chi connectivity index (χ0n) is 12.1. The monoisotopic (exact) mass is 285 g/mol. The highest BCUT2D eigenvalue weighted by molar-refractivity contribution is 5.93. The summed E-state index contributed by atoms with van der Waals surface area (Å²) in [6.07, 6.45) is 3.26. The molecule has 0 aliphatic carbocycles. The van der Waals surface area contributed by atoms with Gasteiger partial charge in [0.2, 0.25) is 0 Å². The maximum atomic E-state index is 11.9. The molecular formula is C16H19N3O2. The molecule has 0 radical (unpaired) electrons.